The number of ether oxygens (including phenoxy) is 1. The molecule has 2 N–H and O–H groups in total. The Labute approximate surface area is 108 Å². The van der Waals surface area contributed by atoms with Crippen LogP contribution in [0.25, 0.3) is 0 Å². The first-order chi connectivity index (χ1) is 8.88. The molecule has 0 aliphatic carbocycles. The Morgan fingerprint density at radius 3 is 2.28 bits per heavy atom. The molecule has 0 radical (unpaired) electrons. The number of benzene rings is 1. The molecule has 0 saturated carbocycles. The van der Waals surface area contributed by atoms with Gasteiger partial charge in [-0.1, -0.05) is 24.3 Å². The van der Waals surface area contributed by atoms with Crippen molar-refractivity contribution in [3.8, 4) is 0 Å². The van der Waals surface area contributed by atoms with Crippen LogP contribution in [-0.4, -0.2) is 31.3 Å². The van der Waals surface area contributed by atoms with Crippen molar-refractivity contribution in [3.05, 3.63) is 35.4 Å². The average molecular weight is 251 g/mol. The van der Waals surface area contributed by atoms with Crippen LogP contribution in [0.15, 0.2) is 24.3 Å². The van der Waals surface area contributed by atoms with E-state index in [4.69, 9.17) is 14.6 Å². The third-order valence-corrected chi connectivity index (χ3v) is 2.83. The maximum Gasteiger partial charge on any atom is 0.290 e. The number of nitrogens with one attached hydrogen (secondary N) is 1. The first kappa shape index (κ1) is 14.7. The van der Waals surface area contributed by atoms with Gasteiger partial charge in [0.25, 0.3) is 6.47 Å². The maximum absolute atomic E-state index is 8.36. The summed E-state index contributed by atoms with van der Waals surface area (Å²) in [6.07, 6.45) is 3.75. The van der Waals surface area contributed by atoms with E-state index in [9.17, 15) is 0 Å². The van der Waals surface area contributed by atoms with Gasteiger partial charge in [-0.3, -0.25) is 4.79 Å². The van der Waals surface area contributed by atoms with Crippen molar-refractivity contribution >= 4 is 6.47 Å². The molecule has 2 aliphatic heterocycles. The molecule has 0 bridgehead atoms. The summed E-state index contributed by atoms with van der Waals surface area (Å²) in [5, 5.41) is 10.2. The summed E-state index contributed by atoms with van der Waals surface area (Å²) in [4.78, 5) is 8.36. The Hall–Kier alpha value is -1.39. The summed E-state index contributed by atoms with van der Waals surface area (Å²) >= 11 is 0. The molecule has 0 unspecified atom stereocenters. The van der Waals surface area contributed by atoms with Crippen molar-refractivity contribution < 1.29 is 14.6 Å². The Kier molecular flexibility index (Phi) is 7.84. The van der Waals surface area contributed by atoms with Gasteiger partial charge < -0.3 is 15.2 Å². The van der Waals surface area contributed by atoms with E-state index in [2.05, 4.69) is 29.6 Å². The zero-order valence-electron chi connectivity index (χ0n) is 10.6. The molecular weight excluding hydrogens is 230 g/mol. The molecule has 4 heteroatoms. The van der Waals surface area contributed by atoms with Gasteiger partial charge in [-0.15, -0.1) is 0 Å². The number of hydrogen-bond acceptors (Lipinski definition) is 3. The molecule has 0 atom stereocenters. The van der Waals surface area contributed by atoms with Crippen LogP contribution in [0.2, 0.25) is 0 Å². The first-order valence-corrected chi connectivity index (χ1v) is 6.31. The highest BCUT2D eigenvalue weighted by Crippen LogP contribution is 2.11. The average Bonchev–Trinajstić information content (AvgIpc) is 2.99. The van der Waals surface area contributed by atoms with Gasteiger partial charge in [0.2, 0.25) is 0 Å². The van der Waals surface area contributed by atoms with E-state index in [0.717, 1.165) is 26.3 Å². The minimum absolute atomic E-state index is 0.250. The van der Waals surface area contributed by atoms with Gasteiger partial charge in [-0.2, -0.15) is 0 Å². The molecule has 0 amide bonds. The summed E-state index contributed by atoms with van der Waals surface area (Å²) in [5.41, 5.74) is 2.98. The van der Waals surface area contributed by atoms with E-state index in [1.165, 1.54) is 30.4 Å². The van der Waals surface area contributed by atoms with Crippen molar-refractivity contribution in [2.75, 3.05) is 19.8 Å². The monoisotopic (exact) mass is 251 g/mol. The molecule has 1 aromatic carbocycles. The molecule has 0 spiro atoms. The largest absolute Gasteiger partial charge is 0.483 e. The second kappa shape index (κ2) is 9.62. The highest BCUT2D eigenvalue weighted by molar-refractivity contribution is 5.32. The molecule has 4 nitrogen and oxygen atoms in total. The predicted molar refractivity (Wildman–Crippen MR) is 70.6 cm³/mol. The summed E-state index contributed by atoms with van der Waals surface area (Å²) in [6, 6.07) is 8.63. The molecule has 3 rings (SSSR count). The molecule has 1 saturated heterocycles. The second-order valence-corrected chi connectivity index (χ2v) is 4.12. The van der Waals surface area contributed by atoms with Crippen molar-refractivity contribution in [2.45, 2.75) is 25.8 Å². The zero-order chi connectivity index (χ0) is 13.1. The molecule has 1 fully saturated rings. The van der Waals surface area contributed by atoms with E-state index in [1.54, 1.807) is 0 Å². The van der Waals surface area contributed by atoms with Crippen LogP contribution in [0, 0.1) is 0 Å². The fraction of sp³-hybridized carbons (Fsp3) is 0.500. The van der Waals surface area contributed by atoms with Crippen LogP contribution in [0.3, 0.4) is 0 Å². The molecular formula is C14H21NO3. The van der Waals surface area contributed by atoms with Crippen LogP contribution in [0.4, 0.5) is 0 Å². The topological polar surface area (TPSA) is 58.6 Å². The van der Waals surface area contributed by atoms with E-state index in [-0.39, 0.29) is 6.47 Å². The third-order valence-electron chi connectivity index (χ3n) is 2.83. The van der Waals surface area contributed by atoms with Crippen molar-refractivity contribution in [1.29, 1.82) is 0 Å². The van der Waals surface area contributed by atoms with Gasteiger partial charge in [0.15, 0.2) is 0 Å². The van der Waals surface area contributed by atoms with Crippen LogP contribution >= 0.6 is 0 Å². The molecule has 2 heterocycles. The zero-order valence-corrected chi connectivity index (χ0v) is 10.6. The Balaban J connectivity index is 0.000000170. The fourth-order valence-corrected chi connectivity index (χ4v) is 1.93. The number of hydrogen-bond donors (Lipinski definition) is 2. The SMILES string of the molecule is C1CCOC1.O=CO.c1ccc2c(c1)CCNC2. The van der Waals surface area contributed by atoms with Gasteiger partial charge in [-0.05, 0) is 36.9 Å². The molecule has 18 heavy (non-hydrogen) atoms. The van der Waals surface area contributed by atoms with Crippen molar-refractivity contribution in [3.63, 3.8) is 0 Å². The predicted octanol–water partition coefficient (Wildman–Crippen LogP) is 1.83. The minimum atomic E-state index is -0.250. The number of carboxylic acid groups (broad SMARTS) is 1. The van der Waals surface area contributed by atoms with E-state index < -0.39 is 0 Å². The van der Waals surface area contributed by atoms with Gasteiger partial charge in [0, 0.05) is 19.8 Å². The van der Waals surface area contributed by atoms with Crippen LogP contribution in [-0.2, 0) is 22.5 Å². The van der Waals surface area contributed by atoms with Crippen molar-refractivity contribution in [1.82, 2.24) is 5.32 Å². The molecule has 0 aromatic heterocycles. The molecule has 1 aromatic rings. The quantitative estimate of drug-likeness (QED) is 0.691. The lowest BCUT2D eigenvalue weighted by molar-refractivity contribution is -0.122. The molecule has 100 valence electrons. The standard InChI is InChI=1S/C9H11N.C4H8O.CH2O2/c1-2-4-9-7-10-6-5-8(9)3-1;1-2-4-5-3-1;2-1-3/h1-4,10H,5-7H2;1-4H2;1H,(H,2,3). The lowest BCUT2D eigenvalue weighted by atomic mass is 10.0. The van der Waals surface area contributed by atoms with Gasteiger partial charge in [0.05, 0.1) is 0 Å². The van der Waals surface area contributed by atoms with Crippen LogP contribution < -0.4 is 5.32 Å². The summed E-state index contributed by atoms with van der Waals surface area (Å²) in [6.45, 7) is 3.94. The van der Waals surface area contributed by atoms with Gasteiger partial charge in [-0.25, -0.2) is 0 Å². The number of rotatable bonds is 0. The Morgan fingerprint density at radius 2 is 1.78 bits per heavy atom. The summed E-state index contributed by atoms with van der Waals surface area (Å²) in [7, 11) is 0. The first-order valence-electron chi connectivity index (χ1n) is 6.31. The van der Waals surface area contributed by atoms with E-state index >= 15 is 0 Å². The Bertz CT molecular complexity index is 305. The summed E-state index contributed by atoms with van der Waals surface area (Å²) in [5.74, 6) is 0. The minimum Gasteiger partial charge on any atom is -0.483 e. The molecule has 2 aliphatic rings. The van der Waals surface area contributed by atoms with E-state index in [1.807, 2.05) is 0 Å². The van der Waals surface area contributed by atoms with E-state index in [0.29, 0.717) is 0 Å². The normalized spacial score (nSPS) is 16.4. The number of carbonyl (C=O) groups is 1. The van der Waals surface area contributed by atoms with Crippen LogP contribution in [0.1, 0.15) is 24.0 Å². The second-order valence-electron chi connectivity index (χ2n) is 4.12. The lowest BCUT2D eigenvalue weighted by Crippen LogP contribution is -2.23. The van der Waals surface area contributed by atoms with Gasteiger partial charge >= 0.3 is 0 Å². The summed E-state index contributed by atoms with van der Waals surface area (Å²) < 4.78 is 4.94. The maximum atomic E-state index is 8.36. The third kappa shape index (κ3) is 5.80. The van der Waals surface area contributed by atoms with Crippen molar-refractivity contribution in [2.24, 2.45) is 0 Å². The highest BCUT2D eigenvalue weighted by Gasteiger charge is 2.05. The van der Waals surface area contributed by atoms with Crippen LogP contribution in [0.5, 0.6) is 0 Å². The lowest BCUT2D eigenvalue weighted by Gasteiger charge is -2.15. The van der Waals surface area contributed by atoms with Gasteiger partial charge in [0.1, 0.15) is 0 Å². The fourth-order valence-electron chi connectivity index (χ4n) is 1.93. The highest BCUT2D eigenvalue weighted by atomic mass is 16.5. The smallest absolute Gasteiger partial charge is 0.290 e. The Morgan fingerprint density at radius 1 is 1.17 bits per heavy atom. The number of fused-ring (bicyclic) bond motifs is 1.